The van der Waals surface area contributed by atoms with E-state index in [1.165, 1.54) is 0 Å². The number of carbonyl (C=O) groups is 1. The lowest BCUT2D eigenvalue weighted by atomic mass is 10.1. The number of hydrogen-bond donors (Lipinski definition) is 2. The molecule has 17 heavy (non-hydrogen) atoms. The van der Waals surface area contributed by atoms with Crippen LogP contribution in [0.2, 0.25) is 0 Å². The van der Waals surface area contributed by atoms with Crippen molar-refractivity contribution in [3.8, 4) is 0 Å². The summed E-state index contributed by atoms with van der Waals surface area (Å²) in [6, 6.07) is 0. The monoisotopic (exact) mass is 253 g/mol. The van der Waals surface area contributed by atoms with E-state index in [0.717, 1.165) is 0 Å². The molecule has 94 valence electrons. The molecule has 3 N–H and O–H groups in total. The van der Waals surface area contributed by atoms with Crippen molar-refractivity contribution in [2.24, 2.45) is 5.90 Å². The molecule has 0 saturated carbocycles. The quantitative estimate of drug-likeness (QED) is 0.483. The molecule has 0 atom stereocenters. The fourth-order valence-corrected chi connectivity index (χ4v) is 1.25. The molecule has 8 heteroatoms. The van der Waals surface area contributed by atoms with Gasteiger partial charge in [0, 0.05) is 12.0 Å². The predicted octanol–water partition coefficient (Wildman–Crippen LogP) is 1.37. The first-order chi connectivity index (χ1) is 7.91. The highest BCUT2D eigenvalue weighted by Crippen LogP contribution is 2.24. The minimum Gasteiger partial charge on any atom is -0.477 e. The van der Waals surface area contributed by atoms with Crippen LogP contribution in [-0.4, -0.2) is 17.7 Å². The lowest BCUT2D eigenvalue weighted by Gasteiger charge is -2.09. The Balaban J connectivity index is 3.41. The fraction of sp³-hybridized carbons (Fsp3) is 0.222. The van der Waals surface area contributed by atoms with Gasteiger partial charge < -0.3 is 9.94 Å². The van der Waals surface area contributed by atoms with Crippen LogP contribution in [0.5, 0.6) is 0 Å². The summed E-state index contributed by atoms with van der Waals surface area (Å²) in [5.41, 5.74) is -2.62. The molecular weight excluding hydrogens is 246 g/mol. The Morgan fingerprint density at radius 3 is 1.94 bits per heavy atom. The maximum Gasteiger partial charge on any atom is 0.341 e. The highest BCUT2D eigenvalue weighted by atomic mass is 19.2. The van der Waals surface area contributed by atoms with Gasteiger partial charge in [0.25, 0.3) is 0 Å². The Labute approximate surface area is 92.6 Å². The molecule has 1 aromatic carbocycles. The molecule has 0 fully saturated rings. The normalized spacial score (nSPS) is 10.6. The topological polar surface area (TPSA) is 72.5 Å². The van der Waals surface area contributed by atoms with Crippen LogP contribution < -0.4 is 5.90 Å². The summed E-state index contributed by atoms with van der Waals surface area (Å²) in [4.78, 5) is 14.4. The van der Waals surface area contributed by atoms with E-state index in [-0.39, 0.29) is 6.61 Å². The second-order valence-corrected chi connectivity index (χ2v) is 3.04. The number of halogens is 4. The number of carboxylic acid groups (broad SMARTS) is 1. The molecule has 0 aliphatic heterocycles. The number of aromatic carboxylic acids is 1. The molecule has 1 aromatic rings. The van der Waals surface area contributed by atoms with Crippen molar-refractivity contribution in [2.75, 3.05) is 6.61 Å². The van der Waals surface area contributed by atoms with Gasteiger partial charge in [0.1, 0.15) is 5.56 Å². The van der Waals surface area contributed by atoms with Crippen molar-refractivity contribution >= 4 is 5.97 Å². The van der Waals surface area contributed by atoms with E-state index >= 15 is 0 Å². The van der Waals surface area contributed by atoms with Crippen molar-refractivity contribution in [1.82, 2.24) is 0 Å². The molecule has 0 saturated heterocycles. The third kappa shape index (κ3) is 2.37. The van der Waals surface area contributed by atoms with Crippen molar-refractivity contribution in [1.29, 1.82) is 0 Å². The van der Waals surface area contributed by atoms with Crippen molar-refractivity contribution in [3.05, 3.63) is 34.4 Å². The lowest BCUT2D eigenvalue weighted by Crippen LogP contribution is -2.15. The molecule has 0 aromatic heterocycles. The van der Waals surface area contributed by atoms with E-state index < -0.39 is 46.8 Å². The zero-order valence-electron chi connectivity index (χ0n) is 8.27. The van der Waals surface area contributed by atoms with Crippen LogP contribution in [0.1, 0.15) is 15.9 Å². The number of rotatable bonds is 4. The summed E-state index contributed by atoms with van der Waals surface area (Å²) >= 11 is 0. The maximum absolute atomic E-state index is 13.2. The van der Waals surface area contributed by atoms with Crippen molar-refractivity contribution < 1.29 is 32.3 Å². The third-order valence-electron chi connectivity index (χ3n) is 2.04. The Hall–Kier alpha value is -1.67. The van der Waals surface area contributed by atoms with Crippen LogP contribution in [0.15, 0.2) is 0 Å². The Morgan fingerprint density at radius 1 is 1.12 bits per heavy atom. The van der Waals surface area contributed by atoms with Crippen LogP contribution in [0.4, 0.5) is 17.6 Å². The van der Waals surface area contributed by atoms with E-state index in [0.29, 0.717) is 0 Å². The highest BCUT2D eigenvalue weighted by molar-refractivity contribution is 5.88. The summed E-state index contributed by atoms with van der Waals surface area (Å²) in [6.45, 7) is -0.376. The Bertz CT molecular complexity index is 435. The SMILES string of the molecule is NOCCc1c(F)c(F)c(C(=O)O)c(F)c1F. The average molecular weight is 253 g/mol. The molecule has 0 aliphatic carbocycles. The van der Waals surface area contributed by atoms with E-state index in [1.807, 2.05) is 0 Å². The number of carboxylic acids is 1. The molecule has 0 radical (unpaired) electrons. The van der Waals surface area contributed by atoms with Crippen LogP contribution in [0.25, 0.3) is 0 Å². The molecule has 0 aliphatic rings. The molecule has 4 nitrogen and oxygen atoms in total. The van der Waals surface area contributed by atoms with Gasteiger partial charge in [-0.3, -0.25) is 0 Å². The third-order valence-corrected chi connectivity index (χ3v) is 2.04. The van der Waals surface area contributed by atoms with Gasteiger partial charge in [0.15, 0.2) is 23.3 Å². The first kappa shape index (κ1) is 13.4. The summed E-state index contributed by atoms with van der Waals surface area (Å²) in [5.74, 6) is -4.93. The predicted molar refractivity (Wildman–Crippen MR) is 47.1 cm³/mol. The fourth-order valence-electron chi connectivity index (χ4n) is 1.25. The first-order valence-corrected chi connectivity index (χ1v) is 4.31. The molecule has 0 unspecified atom stereocenters. The van der Waals surface area contributed by atoms with E-state index in [9.17, 15) is 22.4 Å². The minimum atomic E-state index is -2.10. The highest BCUT2D eigenvalue weighted by Gasteiger charge is 2.28. The van der Waals surface area contributed by atoms with Gasteiger partial charge in [0.2, 0.25) is 0 Å². The van der Waals surface area contributed by atoms with Crippen molar-refractivity contribution in [2.45, 2.75) is 6.42 Å². The van der Waals surface area contributed by atoms with Gasteiger partial charge in [0.05, 0.1) is 6.61 Å². The number of hydrogen-bond acceptors (Lipinski definition) is 3. The molecule has 0 heterocycles. The zero-order valence-corrected chi connectivity index (χ0v) is 8.27. The summed E-state index contributed by atoms with van der Waals surface area (Å²) < 4.78 is 52.8. The van der Waals surface area contributed by atoms with Crippen LogP contribution >= 0.6 is 0 Å². The van der Waals surface area contributed by atoms with Crippen LogP contribution in [0.3, 0.4) is 0 Å². The second-order valence-electron chi connectivity index (χ2n) is 3.04. The van der Waals surface area contributed by atoms with Gasteiger partial charge in [-0.15, -0.1) is 0 Å². The van der Waals surface area contributed by atoms with E-state index in [2.05, 4.69) is 10.7 Å². The van der Waals surface area contributed by atoms with E-state index in [4.69, 9.17) is 5.11 Å². The summed E-state index contributed by atoms with van der Waals surface area (Å²) in [5, 5.41) is 8.40. The number of nitrogens with two attached hydrogens (primary N) is 1. The van der Waals surface area contributed by atoms with Crippen LogP contribution in [0, 0.1) is 23.3 Å². The van der Waals surface area contributed by atoms with Gasteiger partial charge in [-0.1, -0.05) is 0 Å². The molecule has 0 amide bonds. The van der Waals surface area contributed by atoms with Gasteiger partial charge in [-0.25, -0.2) is 28.3 Å². The Morgan fingerprint density at radius 2 is 1.59 bits per heavy atom. The minimum absolute atomic E-state index is 0.376. The zero-order chi connectivity index (χ0) is 13.2. The first-order valence-electron chi connectivity index (χ1n) is 4.31. The molecular formula is C9H7F4NO3. The van der Waals surface area contributed by atoms with Crippen molar-refractivity contribution in [3.63, 3.8) is 0 Å². The van der Waals surface area contributed by atoms with Gasteiger partial charge in [-0.05, 0) is 0 Å². The summed E-state index contributed by atoms with van der Waals surface area (Å²) in [7, 11) is 0. The lowest BCUT2D eigenvalue weighted by molar-refractivity contribution is 0.0683. The number of benzene rings is 1. The van der Waals surface area contributed by atoms with E-state index in [1.54, 1.807) is 0 Å². The van der Waals surface area contributed by atoms with Gasteiger partial charge >= 0.3 is 5.97 Å². The molecule has 1 rings (SSSR count). The standard InChI is InChI=1S/C9H7F4NO3/c10-5-3(1-2-17-14)6(11)8(13)4(7(5)12)9(15)16/h1-2,14H2,(H,15,16). The molecule has 0 bridgehead atoms. The maximum atomic E-state index is 13.2. The average Bonchev–Trinajstić information content (AvgIpc) is 2.26. The Kier molecular flexibility index (Phi) is 4.02. The van der Waals surface area contributed by atoms with Crippen LogP contribution in [-0.2, 0) is 11.3 Å². The molecule has 0 spiro atoms. The van der Waals surface area contributed by atoms with Gasteiger partial charge in [-0.2, -0.15) is 0 Å². The summed E-state index contributed by atoms with van der Waals surface area (Å²) in [6.07, 6.45) is -0.526. The largest absolute Gasteiger partial charge is 0.477 e. The second kappa shape index (κ2) is 5.11. The smallest absolute Gasteiger partial charge is 0.341 e.